The fourth-order valence-electron chi connectivity index (χ4n) is 4.08. The molecule has 1 aromatic heterocycles. The third kappa shape index (κ3) is 6.26. The predicted octanol–water partition coefficient (Wildman–Crippen LogP) is 6.00. The highest BCUT2D eigenvalue weighted by Crippen LogP contribution is 2.31. The Kier molecular flexibility index (Phi) is 6.89. The Morgan fingerprint density at radius 3 is 2.52 bits per heavy atom. The van der Waals surface area contributed by atoms with Gasteiger partial charge in [-0.15, -0.1) is 0 Å². The van der Waals surface area contributed by atoms with Gasteiger partial charge >= 0.3 is 5.97 Å². The van der Waals surface area contributed by atoms with Crippen molar-refractivity contribution >= 4 is 5.97 Å². The monoisotopic (exact) mass is 447 g/mol. The van der Waals surface area contributed by atoms with Crippen molar-refractivity contribution in [1.82, 2.24) is 4.90 Å². The molecular formula is C28H33NO4. The van der Waals surface area contributed by atoms with Gasteiger partial charge in [0, 0.05) is 36.7 Å². The Bertz CT molecular complexity index is 1060. The van der Waals surface area contributed by atoms with Gasteiger partial charge in [0.1, 0.15) is 29.5 Å². The van der Waals surface area contributed by atoms with Gasteiger partial charge in [-0.05, 0) is 63.6 Å². The van der Waals surface area contributed by atoms with Crippen molar-refractivity contribution in [3.63, 3.8) is 0 Å². The number of benzene rings is 2. The molecule has 5 heteroatoms. The van der Waals surface area contributed by atoms with Gasteiger partial charge in [0.05, 0.1) is 6.42 Å². The summed E-state index contributed by atoms with van der Waals surface area (Å²) in [4.78, 5) is 14.5. The summed E-state index contributed by atoms with van der Waals surface area (Å²) >= 11 is 0. The number of ether oxygens (including phenoxy) is 2. The summed E-state index contributed by atoms with van der Waals surface area (Å²) in [6, 6.07) is 20.4. The van der Waals surface area contributed by atoms with Gasteiger partial charge in [0.2, 0.25) is 0 Å². The Balaban J connectivity index is 1.36. The van der Waals surface area contributed by atoms with E-state index in [0.29, 0.717) is 13.0 Å². The quantitative estimate of drug-likeness (QED) is 0.416. The van der Waals surface area contributed by atoms with Crippen LogP contribution in [0.1, 0.15) is 51.0 Å². The average Bonchev–Trinajstić information content (AvgIpc) is 3.21. The average molecular weight is 448 g/mol. The third-order valence-corrected chi connectivity index (χ3v) is 5.79. The molecule has 2 heterocycles. The minimum Gasteiger partial charge on any atom is -0.489 e. The van der Waals surface area contributed by atoms with Crippen LogP contribution in [0.2, 0.25) is 0 Å². The highest BCUT2D eigenvalue weighted by molar-refractivity contribution is 5.70. The van der Waals surface area contributed by atoms with E-state index in [1.165, 1.54) is 5.56 Å². The molecule has 1 atom stereocenters. The molecule has 0 spiro atoms. The Hall–Kier alpha value is -3.05. The van der Waals surface area contributed by atoms with Crippen LogP contribution in [0.5, 0.6) is 5.75 Å². The van der Waals surface area contributed by atoms with E-state index in [1.807, 2.05) is 63.2 Å². The van der Waals surface area contributed by atoms with E-state index in [2.05, 4.69) is 30.0 Å². The lowest BCUT2D eigenvalue weighted by Crippen LogP contribution is -2.39. The lowest BCUT2D eigenvalue weighted by Gasteiger charge is -2.32. The number of nitrogens with zero attached hydrogens (tertiary/aromatic N) is 1. The molecule has 4 rings (SSSR count). The molecule has 1 aliphatic heterocycles. The lowest BCUT2D eigenvalue weighted by atomic mass is 10.0. The zero-order valence-electron chi connectivity index (χ0n) is 20.0. The van der Waals surface area contributed by atoms with E-state index < -0.39 is 5.60 Å². The summed E-state index contributed by atoms with van der Waals surface area (Å²) in [5, 5.41) is 0. The van der Waals surface area contributed by atoms with Crippen LogP contribution in [0, 0.1) is 0 Å². The third-order valence-electron chi connectivity index (χ3n) is 5.79. The normalized spacial score (nSPS) is 15.0. The summed E-state index contributed by atoms with van der Waals surface area (Å²) in [6.45, 7) is 9.99. The molecule has 1 aliphatic rings. The maximum absolute atomic E-state index is 12.2. The molecule has 3 aromatic rings. The number of furan rings is 1. The molecule has 2 aromatic carbocycles. The second-order valence-electron chi connectivity index (χ2n) is 9.72. The first-order valence-corrected chi connectivity index (χ1v) is 11.6. The zero-order chi connectivity index (χ0) is 23.4. The maximum Gasteiger partial charge on any atom is 0.307 e. The number of esters is 1. The standard InChI is InChI=1S/C28H33NO4/c1-20(16-27(30)33-28(2,3)4)29-15-14-25-23(18-29)17-26(32-25)22-10-12-24(13-11-22)31-19-21-8-6-5-7-9-21/h5-13,17,20H,14-16,18-19H2,1-4H3. The molecule has 0 bridgehead atoms. The second kappa shape index (κ2) is 9.84. The van der Waals surface area contributed by atoms with Gasteiger partial charge in [0.15, 0.2) is 0 Å². The van der Waals surface area contributed by atoms with Crippen molar-refractivity contribution in [3.8, 4) is 17.1 Å². The molecule has 0 N–H and O–H groups in total. The Morgan fingerprint density at radius 2 is 1.82 bits per heavy atom. The Morgan fingerprint density at radius 1 is 1.09 bits per heavy atom. The molecule has 0 saturated heterocycles. The SMILES string of the molecule is CC(CC(=O)OC(C)(C)C)N1CCc2oc(-c3ccc(OCc4ccccc4)cc3)cc2C1. The van der Waals surface area contributed by atoms with Crippen LogP contribution in [0.25, 0.3) is 11.3 Å². The van der Waals surface area contributed by atoms with Gasteiger partial charge in [-0.3, -0.25) is 9.69 Å². The van der Waals surface area contributed by atoms with Crippen LogP contribution in [0.3, 0.4) is 0 Å². The number of hydrogen-bond acceptors (Lipinski definition) is 5. The van der Waals surface area contributed by atoms with Gasteiger partial charge in [-0.2, -0.15) is 0 Å². The highest BCUT2D eigenvalue weighted by Gasteiger charge is 2.27. The van der Waals surface area contributed by atoms with Crippen molar-refractivity contribution in [1.29, 1.82) is 0 Å². The van der Waals surface area contributed by atoms with Crippen molar-refractivity contribution in [3.05, 3.63) is 77.6 Å². The first-order valence-electron chi connectivity index (χ1n) is 11.6. The van der Waals surface area contributed by atoms with Gasteiger partial charge in [-0.25, -0.2) is 0 Å². The van der Waals surface area contributed by atoms with E-state index in [1.54, 1.807) is 0 Å². The van der Waals surface area contributed by atoms with Gasteiger partial charge in [0.25, 0.3) is 0 Å². The Labute approximate surface area is 196 Å². The van der Waals surface area contributed by atoms with Crippen LogP contribution in [-0.2, 0) is 29.1 Å². The maximum atomic E-state index is 12.2. The van der Waals surface area contributed by atoms with Crippen LogP contribution in [0.15, 0.2) is 65.1 Å². The number of hydrogen-bond donors (Lipinski definition) is 0. The molecule has 0 amide bonds. The topological polar surface area (TPSA) is 51.9 Å². The summed E-state index contributed by atoms with van der Waals surface area (Å²) in [6.07, 6.45) is 1.23. The molecular weight excluding hydrogens is 414 g/mol. The summed E-state index contributed by atoms with van der Waals surface area (Å²) in [5.41, 5.74) is 2.92. The van der Waals surface area contributed by atoms with E-state index >= 15 is 0 Å². The minimum atomic E-state index is -0.451. The van der Waals surface area contributed by atoms with E-state index in [9.17, 15) is 4.79 Å². The first kappa shape index (κ1) is 23.1. The largest absolute Gasteiger partial charge is 0.489 e. The minimum absolute atomic E-state index is 0.118. The zero-order valence-corrected chi connectivity index (χ0v) is 20.0. The van der Waals surface area contributed by atoms with E-state index in [4.69, 9.17) is 13.9 Å². The summed E-state index contributed by atoms with van der Waals surface area (Å²) in [7, 11) is 0. The fourth-order valence-corrected chi connectivity index (χ4v) is 4.08. The van der Waals surface area contributed by atoms with Crippen molar-refractivity contribution in [2.45, 2.75) is 65.3 Å². The summed E-state index contributed by atoms with van der Waals surface area (Å²) < 4.78 is 17.6. The molecule has 174 valence electrons. The molecule has 1 unspecified atom stereocenters. The molecule has 0 saturated carbocycles. The lowest BCUT2D eigenvalue weighted by molar-refractivity contribution is -0.156. The highest BCUT2D eigenvalue weighted by atomic mass is 16.6. The number of fused-ring (bicyclic) bond motifs is 1. The fraction of sp³-hybridized carbons (Fsp3) is 0.393. The second-order valence-corrected chi connectivity index (χ2v) is 9.72. The smallest absolute Gasteiger partial charge is 0.307 e. The van der Waals surface area contributed by atoms with Gasteiger partial charge < -0.3 is 13.9 Å². The molecule has 0 aliphatic carbocycles. The van der Waals surface area contributed by atoms with Crippen molar-refractivity contribution < 1.29 is 18.7 Å². The van der Waals surface area contributed by atoms with E-state index in [-0.39, 0.29) is 12.0 Å². The molecule has 33 heavy (non-hydrogen) atoms. The van der Waals surface area contributed by atoms with Crippen LogP contribution < -0.4 is 4.74 Å². The van der Waals surface area contributed by atoms with E-state index in [0.717, 1.165) is 47.9 Å². The number of carbonyl (C=O) groups is 1. The van der Waals surface area contributed by atoms with Crippen molar-refractivity contribution in [2.75, 3.05) is 6.54 Å². The van der Waals surface area contributed by atoms with Crippen LogP contribution >= 0.6 is 0 Å². The molecule has 5 nitrogen and oxygen atoms in total. The number of carbonyl (C=O) groups excluding carboxylic acids is 1. The molecule has 0 radical (unpaired) electrons. The van der Waals surface area contributed by atoms with Crippen LogP contribution in [-0.4, -0.2) is 29.1 Å². The number of rotatable bonds is 7. The predicted molar refractivity (Wildman–Crippen MR) is 129 cm³/mol. The van der Waals surface area contributed by atoms with Gasteiger partial charge in [-0.1, -0.05) is 30.3 Å². The molecule has 0 fully saturated rings. The first-order chi connectivity index (χ1) is 15.8. The van der Waals surface area contributed by atoms with Crippen molar-refractivity contribution in [2.24, 2.45) is 0 Å². The summed E-state index contributed by atoms with van der Waals surface area (Å²) in [5.74, 6) is 2.59. The van der Waals surface area contributed by atoms with Crippen LogP contribution in [0.4, 0.5) is 0 Å².